The number of ketones is 1. The zero-order valence-electron chi connectivity index (χ0n) is 20.1. The van der Waals surface area contributed by atoms with Gasteiger partial charge in [-0.2, -0.15) is 23.5 Å². The fourth-order valence-electron chi connectivity index (χ4n) is 3.56. The maximum absolute atomic E-state index is 13.2. The molecule has 0 saturated carbocycles. The number of carboxylic acid groups (broad SMARTS) is 1. The molecule has 0 amide bonds. The normalized spacial score (nSPS) is 13.1. The summed E-state index contributed by atoms with van der Waals surface area (Å²) in [5, 5.41) is 23.5. The van der Waals surface area contributed by atoms with Gasteiger partial charge in [-0.25, -0.2) is 14.5 Å². The van der Waals surface area contributed by atoms with Crippen molar-refractivity contribution >= 4 is 28.7 Å². The molecule has 38 heavy (non-hydrogen) atoms. The molecule has 1 fully saturated rings. The number of halogens is 3. The minimum atomic E-state index is -5.08. The molecule has 11 nitrogen and oxygen atoms in total. The minimum Gasteiger partial charge on any atom is -0.475 e. The van der Waals surface area contributed by atoms with Gasteiger partial charge in [-0.1, -0.05) is 18.1 Å². The number of Topliss-reactive ketones (excluding diaryl/α,β-unsaturated/α-hetero) is 1. The summed E-state index contributed by atoms with van der Waals surface area (Å²) in [6.45, 7) is 5.11. The van der Waals surface area contributed by atoms with E-state index in [1.807, 2.05) is 10.6 Å². The van der Waals surface area contributed by atoms with Gasteiger partial charge in [0.25, 0.3) is 5.56 Å². The van der Waals surface area contributed by atoms with Gasteiger partial charge in [-0.15, -0.1) is 5.92 Å². The number of hydrogen-bond donors (Lipinski definition) is 2. The SMILES string of the molecule is CC#CCn1c(N2CCNCC2)nc2cnn(CC(=O)c3ccc(C#N)cc3)c(=O)c21.O=C(O)C(F)(F)F. The molecular weight excluding hydrogens is 507 g/mol. The molecule has 0 radical (unpaired) electrons. The van der Waals surface area contributed by atoms with Crippen molar-refractivity contribution in [2.24, 2.45) is 0 Å². The number of aromatic nitrogens is 4. The first-order valence-electron chi connectivity index (χ1n) is 11.2. The predicted octanol–water partition coefficient (Wildman–Crippen LogP) is 1.41. The molecule has 14 heteroatoms. The van der Waals surface area contributed by atoms with Crippen LogP contribution in [0.2, 0.25) is 0 Å². The molecule has 3 heterocycles. The van der Waals surface area contributed by atoms with E-state index < -0.39 is 12.1 Å². The number of carbonyl (C=O) groups excluding carboxylic acids is 1. The first-order chi connectivity index (χ1) is 18.1. The average Bonchev–Trinajstić information content (AvgIpc) is 3.28. The third-order valence-corrected chi connectivity index (χ3v) is 5.42. The Morgan fingerprint density at radius 1 is 1.18 bits per heavy atom. The molecule has 198 valence electrons. The van der Waals surface area contributed by atoms with E-state index in [1.54, 1.807) is 31.2 Å². The summed E-state index contributed by atoms with van der Waals surface area (Å²) in [4.78, 5) is 41.6. The van der Waals surface area contributed by atoms with Crippen LogP contribution in [0.25, 0.3) is 11.0 Å². The van der Waals surface area contributed by atoms with E-state index in [4.69, 9.17) is 15.2 Å². The quantitative estimate of drug-likeness (QED) is 0.370. The zero-order valence-corrected chi connectivity index (χ0v) is 20.1. The first-order valence-corrected chi connectivity index (χ1v) is 11.2. The number of anilines is 1. The number of hydrogen-bond acceptors (Lipinski definition) is 8. The molecule has 1 aromatic carbocycles. The zero-order chi connectivity index (χ0) is 27.9. The van der Waals surface area contributed by atoms with E-state index in [-0.39, 0.29) is 17.9 Å². The number of carbonyl (C=O) groups is 2. The van der Waals surface area contributed by atoms with Gasteiger partial charge in [-0.05, 0) is 19.1 Å². The van der Waals surface area contributed by atoms with Crippen molar-refractivity contribution in [3.8, 4) is 17.9 Å². The summed E-state index contributed by atoms with van der Waals surface area (Å²) < 4.78 is 34.7. The van der Waals surface area contributed by atoms with E-state index in [0.29, 0.717) is 34.7 Å². The van der Waals surface area contributed by atoms with E-state index >= 15 is 0 Å². The van der Waals surface area contributed by atoms with Crippen LogP contribution in [0, 0.1) is 23.2 Å². The van der Waals surface area contributed by atoms with E-state index in [9.17, 15) is 22.8 Å². The van der Waals surface area contributed by atoms with E-state index in [2.05, 4.69) is 32.1 Å². The monoisotopic (exact) mass is 529 g/mol. The molecule has 0 spiro atoms. The molecule has 4 rings (SSSR count). The Morgan fingerprint density at radius 2 is 1.82 bits per heavy atom. The van der Waals surface area contributed by atoms with Crippen molar-refractivity contribution in [2.75, 3.05) is 31.1 Å². The van der Waals surface area contributed by atoms with Crippen LogP contribution < -0.4 is 15.8 Å². The number of benzene rings is 1. The molecule has 1 aliphatic rings. The van der Waals surface area contributed by atoms with Gasteiger partial charge in [0.05, 0.1) is 24.4 Å². The maximum atomic E-state index is 13.2. The van der Waals surface area contributed by atoms with E-state index in [1.165, 1.54) is 6.20 Å². The summed E-state index contributed by atoms with van der Waals surface area (Å²) in [6, 6.07) is 8.32. The third kappa shape index (κ3) is 6.54. The van der Waals surface area contributed by atoms with Crippen molar-refractivity contribution in [1.29, 1.82) is 5.26 Å². The molecule has 0 atom stereocenters. The smallest absolute Gasteiger partial charge is 0.475 e. The largest absolute Gasteiger partial charge is 0.490 e. The second kappa shape index (κ2) is 12.0. The topological polar surface area (TPSA) is 146 Å². The molecule has 0 aliphatic carbocycles. The standard InChI is InChI=1S/C22H21N7O2.C2HF3O2/c1-2-3-10-28-20-18(26-22(28)27-11-8-24-9-12-27)14-25-29(21(20)31)15-19(30)17-6-4-16(13-23)5-7-17;3-2(4,5)1(6)7/h4-7,14,24H,8-12,15H2,1H3;(H,6,7). The number of aliphatic carboxylic acids is 1. The molecule has 3 aromatic rings. The fraction of sp³-hybridized carbons (Fsp3) is 0.333. The lowest BCUT2D eigenvalue weighted by molar-refractivity contribution is -0.192. The van der Waals surface area contributed by atoms with Gasteiger partial charge in [0.2, 0.25) is 5.95 Å². The second-order valence-electron chi connectivity index (χ2n) is 7.92. The highest BCUT2D eigenvalue weighted by atomic mass is 19.4. The average molecular weight is 529 g/mol. The van der Waals surface area contributed by atoms with Crippen LogP contribution in [0.3, 0.4) is 0 Å². The van der Waals surface area contributed by atoms with Gasteiger partial charge >= 0.3 is 12.1 Å². The van der Waals surface area contributed by atoms with Gasteiger partial charge < -0.3 is 15.3 Å². The lowest BCUT2D eigenvalue weighted by atomic mass is 10.1. The summed E-state index contributed by atoms with van der Waals surface area (Å²) in [5.41, 5.74) is 1.37. The van der Waals surface area contributed by atoms with Crippen molar-refractivity contribution in [2.45, 2.75) is 26.2 Å². The molecule has 0 bridgehead atoms. The van der Waals surface area contributed by atoms with Crippen LogP contribution in [-0.4, -0.2) is 68.5 Å². The maximum Gasteiger partial charge on any atom is 0.490 e. The predicted molar refractivity (Wildman–Crippen MR) is 129 cm³/mol. The van der Waals surface area contributed by atoms with Crippen LogP contribution >= 0.6 is 0 Å². The number of nitriles is 1. The van der Waals surface area contributed by atoms with Crippen molar-refractivity contribution in [3.63, 3.8) is 0 Å². The Kier molecular flexibility index (Phi) is 8.83. The number of nitrogens with one attached hydrogen (secondary N) is 1. The summed E-state index contributed by atoms with van der Waals surface area (Å²) in [7, 11) is 0. The van der Waals surface area contributed by atoms with Gasteiger partial charge in [0.15, 0.2) is 5.78 Å². The summed E-state index contributed by atoms with van der Waals surface area (Å²) >= 11 is 0. The number of imidazole rings is 1. The fourth-order valence-corrected chi connectivity index (χ4v) is 3.56. The minimum absolute atomic E-state index is 0.200. The van der Waals surface area contributed by atoms with Crippen LogP contribution in [0.5, 0.6) is 0 Å². The van der Waals surface area contributed by atoms with Crippen LogP contribution in [0.1, 0.15) is 22.8 Å². The van der Waals surface area contributed by atoms with Gasteiger partial charge in [0.1, 0.15) is 17.6 Å². The second-order valence-corrected chi connectivity index (χ2v) is 7.92. The number of piperazine rings is 1. The highest BCUT2D eigenvalue weighted by Crippen LogP contribution is 2.20. The van der Waals surface area contributed by atoms with E-state index in [0.717, 1.165) is 30.9 Å². The number of rotatable bonds is 5. The molecule has 1 saturated heterocycles. The molecule has 0 unspecified atom stereocenters. The Bertz CT molecular complexity index is 1490. The lowest BCUT2D eigenvalue weighted by Gasteiger charge is -2.28. The van der Waals surface area contributed by atoms with Crippen molar-refractivity contribution in [1.82, 2.24) is 24.6 Å². The highest BCUT2D eigenvalue weighted by Gasteiger charge is 2.38. The van der Waals surface area contributed by atoms with Crippen LogP contribution in [0.15, 0.2) is 35.3 Å². The Morgan fingerprint density at radius 3 is 2.37 bits per heavy atom. The molecular formula is C24H22F3N7O4. The van der Waals surface area contributed by atoms with Gasteiger partial charge in [0, 0.05) is 31.7 Å². The number of alkyl halides is 3. The first kappa shape index (κ1) is 27.9. The number of fused-ring (bicyclic) bond motifs is 1. The summed E-state index contributed by atoms with van der Waals surface area (Å²) in [6.07, 6.45) is -3.57. The molecule has 1 aliphatic heterocycles. The number of carboxylic acids is 1. The van der Waals surface area contributed by atoms with Crippen LogP contribution in [-0.2, 0) is 17.9 Å². The van der Waals surface area contributed by atoms with Crippen molar-refractivity contribution < 1.29 is 27.9 Å². The third-order valence-electron chi connectivity index (χ3n) is 5.42. The molecule has 2 aromatic heterocycles. The molecule has 2 N–H and O–H groups in total. The lowest BCUT2D eigenvalue weighted by Crippen LogP contribution is -2.44. The Balaban J connectivity index is 0.000000505. The van der Waals surface area contributed by atoms with Crippen LogP contribution in [0.4, 0.5) is 19.1 Å². The number of nitrogens with zero attached hydrogens (tertiary/aromatic N) is 6. The van der Waals surface area contributed by atoms with Crippen molar-refractivity contribution in [3.05, 3.63) is 51.9 Å². The summed E-state index contributed by atoms with van der Waals surface area (Å²) in [5.74, 6) is 3.55. The highest BCUT2D eigenvalue weighted by molar-refractivity contribution is 5.96. The van der Waals surface area contributed by atoms with Gasteiger partial charge in [-0.3, -0.25) is 14.2 Å². The Labute approximate surface area is 214 Å². The Hall–Kier alpha value is -4.69.